The number of alkyl carbamates (subject to hydrolysis) is 1. The third-order valence-corrected chi connectivity index (χ3v) is 7.75. The van der Waals surface area contributed by atoms with Gasteiger partial charge in [-0.05, 0) is 53.8 Å². The van der Waals surface area contributed by atoms with Gasteiger partial charge in [0, 0.05) is 11.6 Å². The number of amides is 4. The molecule has 0 radical (unpaired) electrons. The maximum absolute atomic E-state index is 13.1. The molecule has 5 N–H and O–H groups in total. The van der Waals surface area contributed by atoms with Crippen molar-refractivity contribution in [3.8, 4) is 11.1 Å². The molecule has 4 amide bonds. The first-order valence-corrected chi connectivity index (χ1v) is 15.7. The van der Waals surface area contributed by atoms with Crippen molar-refractivity contribution in [3.05, 3.63) is 102 Å². The summed E-state index contributed by atoms with van der Waals surface area (Å²) in [5.41, 5.74) is 5.06. The Morgan fingerprint density at radius 1 is 0.780 bits per heavy atom. The zero-order chi connectivity index (χ0) is 36.2. The van der Waals surface area contributed by atoms with E-state index in [0.717, 1.165) is 22.3 Å². The molecule has 4 rings (SSSR count). The highest BCUT2D eigenvalue weighted by Crippen LogP contribution is 2.44. The van der Waals surface area contributed by atoms with Gasteiger partial charge in [-0.2, -0.15) is 0 Å². The molecular weight excluding hydrogens is 648 g/mol. The highest BCUT2D eigenvalue weighted by molar-refractivity contribution is 6.01. The van der Waals surface area contributed by atoms with Gasteiger partial charge in [-0.1, -0.05) is 73.3 Å². The van der Waals surface area contributed by atoms with Crippen LogP contribution in [0.3, 0.4) is 0 Å². The maximum atomic E-state index is 13.1. The first-order valence-electron chi connectivity index (χ1n) is 15.7. The van der Waals surface area contributed by atoms with Crippen LogP contribution in [0.25, 0.3) is 11.1 Å². The Balaban J connectivity index is 1.32. The first-order chi connectivity index (χ1) is 24.0. The van der Waals surface area contributed by atoms with Crippen molar-refractivity contribution in [2.45, 2.75) is 50.9 Å². The molecule has 0 unspecified atom stereocenters. The number of hydrogen-bond acceptors (Lipinski definition) is 10. The molecule has 0 spiro atoms. The number of anilines is 1. The summed E-state index contributed by atoms with van der Waals surface area (Å²) >= 11 is 0. The van der Waals surface area contributed by atoms with E-state index in [1.165, 1.54) is 32.1 Å². The van der Waals surface area contributed by atoms with E-state index in [4.69, 9.17) is 4.74 Å². The van der Waals surface area contributed by atoms with Gasteiger partial charge in [-0.15, -0.1) is 0 Å². The minimum Gasteiger partial charge on any atom is -0.449 e. The molecule has 262 valence electrons. The summed E-state index contributed by atoms with van der Waals surface area (Å²) in [7, 11) is 0. The quantitative estimate of drug-likeness (QED) is 0.0953. The van der Waals surface area contributed by atoms with E-state index in [1.54, 1.807) is 12.1 Å². The van der Waals surface area contributed by atoms with Crippen molar-refractivity contribution in [2.24, 2.45) is 0 Å². The Morgan fingerprint density at radius 2 is 1.36 bits per heavy atom. The van der Waals surface area contributed by atoms with Crippen LogP contribution in [0.5, 0.6) is 0 Å². The second-order valence-electron chi connectivity index (χ2n) is 11.4. The van der Waals surface area contributed by atoms with Crippen molar-refractivity contribution < 1.29 is 48.1 Å². The third-order valence-electron chi connectivity index (χ3n) is 7.75. The molecule has 1 aliphatic carbocycles. The molecule has 3 aromatic carbocycles. The normalized spacial score (nSPS) is 13.3. The zero-order valence-electron chi connectivity index (χ0n) is 27.5. The fourth-order valence-corrected chi connectivity index (χ4v) is 5.17. The molecule has 0 bridgehead atoms. The van der Waals surface area contributed by atoms with E-state index in [0.29, 0.717) is 11.3 Å². The molecule has 0 heterocycles. The predicted molar refractivity (Wildman–Crippen MR) is 180 cm³/mol. The number of carbonyl (C=O) groups is 6. The second kappa shape index (κ2) is 17.4. The SMILES string of the molecule is C=CCOC(=O)OC(=O)C[C@H](NC(=O)[C@H](C)NC(=O)[C@H](C)NC(=O)OCC1c2ccccc2-c2ccccc21)C(=O)Nc1ccc(CO)cc1. The van der Waals surface area contributed by atoms with Crippen LogP contribution < -0.4 is 21.3 Å². The molecule has 0 saturated carbocycles. The van der Waals surface area contributed by atoms with Crippen LogP contribution in [0, 0.1) is 0 Å². The van der Waals surface area contributed by atoms with Gasteiger partial charge < -0.3 is 40.6 Å². The number of aliphatic hydroxyl groups excluding tert-OH is 1. The van der Waals surface area contributed by atoms with E-state index >= 15 is 0 Å². The molecule has 3 aromatic rings. The van der Waals surface area contributed by atoms with Crippen LogP contribution >= 0.6 is 0 Å². The average molecular weight is 687 g/mol. The number of nitrogens with one attached hydrogen (secondary N) is 4. The summed E-state index contributed by atoms with van der Waals surface area (Å²) in [6, 6.07) is 17.9. The van der Waals surface area contributed by atoms with Crippen LogP contribution in [0.2, 0.25) is 0 Å². The largest absolute Gasteiger partial charge is 0.516 e. The zero-order valence-corrected chi connectivity index (χ0v) is 27.5. The molecular formula is C36H38N4O10. The fourth-order valence-electron chi connectivity index (χ4n) is 5.17. The predicted octanol–water partition coefficient (Wildman–Crippen LogP) is 3.29. The lowest BCUT2D eigenvalue weighted by atomic mass is 9.98. The highest BCUT2D eigenvalue weighted by atomic mass is 16.7. The first kappa shape index (κ1) is 36.8. The molecule has 14 heteroatoms. The van der Waals surface area contributed by atoms with Crippen LogP contribution in [0.1, 0.15) is 42.9 Å². The van der Waals surface area contributed by atoms with Crippen molar-refractivity contribution in [1.82, 2.24) is 16.0 Å². The lowest BCUT2D eigenvalue weighted by Crippen LogP contribution is -2.55. The molecule has 0 fully saturated rings. The molecule has 50 heavy (non-hydrogen) atoms. The van der Waals surface area contributed by atoms with Gasteiger partial charge in [0.2, 0.25) is 17.7 Å². The number of fused-ring (bicyclic) bond motifs is 3. The van der Waals surface area contributed by atoms with Crippen molar-refractivity contribution in [2.75, 3.05) is 18.5 Å². The summed E-state index contributed by atoms with van der Waals surface area (Å²) < 4.78 is 14.6. The van der Waals surface area contributed by atoms with Gasteiger partial charge in [-0.25, -0.2) is 9.59 Å². The van der Waals surface area contributed by atoms with Gasteiger partial charge in [0.05, 0.1) is 13.0 Å². The standard InChI is InChI=1S/C36H38N4O10/c1-4-17-48-36(47)50-31(42)18-30(34(45)39-24-15-13-23(19-41)14-16-24)40-33(44)21(2)37-32(43)22(3)38-35(46)49-20-29-27-11-7-5-9-25(27)26-10-6-8-12-28(26)29/h4-16,21-22,29-30,41H,1,17-20H2,2-3H3,(H,37,43)(H,38,46)(H,39,45)(H,40,44)/t21-,22-,30-/m0/s1. The van der Waals surface area contributed by atoms with Crippen LogP contribution in [-0.4, -0.2) is 72.4 Å². The fraction of sp³-hybridized carbons (Fsp3) is 0.278. The topological polar surface area (TPSA) is 198 Å². The smallest absolute Gasteiger partial charge is 0.449 e. The molecule has 0 aromatic heterocycles. The monoisotopic (exact) mass is 686 g/mol. The number of ether oxygens (including phenoxy) is 3. The van der Waals surface area contributed by atoms with E-state index in [2.05, 4.69) is 37.3 Å². The molecule has 0 aliphatic heterocycles. The number of benzene rings is 3. The van der Waals surface area contributed by atoms with Gasteiger partial charge in [0.15, 0.2) is 0 Å². The Hall–Kier alpha value is -6.02. The van der Waals surface area contributed by atoms with Gasteiger partial charge in [-0.3, -0.25) is 19.2 Å². The molecule has 0 saturated heterocycles. The number of aliphatic hydroxyl groups is 1. The number of rotatable bonds is 14. The third kappa shape index (κ3) is 9.76. The van der Waals surface area contributed by atoms with Crippen LogP contribution in [0.4, 0.5) is 15.3 Å². The lowest BCUT2D eigenvalue weighted by Gasteiger charge is -2.22. The second-order valence-corrected chi connectivity index (χ2v) is 11.4. The van der Waals surface area contributed by atoms with Crippen molar-refractivity contribution in [3.63, 3.8) is 0 Å². The molecule has 3 atom stereocenters. The Kier molecular flexibility index (Phi) is 12.8. The van der Waals surface area contributed by atoms with E-state index in [9.17, 15) is 33.9 Å². The van der Waals surface area contributed by atoms with Crippen molar-refractivity contribution >= 4 is 41.6 Å². The minimum atomic E-state index is -1.55. The van der Waals surface area contributed by atoms with Gasteiger partial charge in [0.1, 0.15) is 31.3 Å². The summed E-state index contributed by atoms with van der Waals surface area (Å²) in [6.45, 7) is 5.71. The highest BCUT2D eigenvalue weighted by Gasteiger charge is 2.31. The van der Waals surface area contributed by atoms with Gasteiger partial charge in [0.25, 0.3) is 0 Å². The Labute approximate surface area is 288 Å². The summed E-state index contributed by atoms with van der Waals surface area (Å²) in [4.78, 5) is 75.9. The molecule has 14 nitrogen and oxygen atoms in total. The van der Waals surface area contributed by atoms with Crippen LogP contribution in [0.15, 0.2) is 85.5 Å². The van der Waals surface area contributed by atoms with E-state index < -0.39 is 60.5 Å². The number of carbonyl (C=O) groups excluding carboxylic acids is 6. The minimum absolute atomic E-state index is 0.0381. The Morgan fingerprint density at radius 3 is 1.96 bits per heavy atom. The number of esters is 1. The number of hydrogen-bond donors (Lipinski definition) is 5. The van der Waals surface area contributed by atoms with E-state index in [1.807, 2.05) is 48.5 Å². The summed E-state index contributed by atoms with van der Waals surface area (Å²) in [6.07, 6.45) is -1.66. The summed E-state index contributed by atoms with van der Waals surface area (Å²) in [5, 5.41) is 19.1. The maximum Gasteiger partial charge on any atom is 0.516 e. The lowest BCUT2D eigenvalue weighted by molar-refractivity contribution is -0.142. The van der Waals surface area contributed by atoms with Gasteiger partial charge >= 0.3 is 18.2 Å². The van der Waals surface area contributed by atoms with Crippen molar-refractivity contribution in [1.29, 1.82) is 0 Å². The van der Waals surface area contributed by atoms with Crippen LogP contribution in [-0.2, 0) is 40.0 Å². The molecule has 1 aliphatic rings. The Bertz CT molecular complexity index is 1700. The average Bonchev–Trinajstić information content (AvgIpc) is 3.43. The summed E-state index contributed by atoms with van der Waals surface area (Å²) in [5.74, 6) is -3.77. The van der Waals surface area contributed by atoms with E-state index in [-0.39, 0.29) is 25.7 Å².